The van der Waals surface area contributed by atoms with Crippen molar-refractivity contribution in [3.05, 3.63) is 36.3 Å². The van der Waals surface area contributed by atoms with Crippen molar-refractivity contribution < 1.29 is 0 Å². The quantitative estimate of drug-likeness (QED) is 0.866. The molecule has 5 nitrogen and oxygen atoms in total. The first-order valence-electron chi connectivity index (χ1n) is 5.51. The third kappa shape index (κ3) is 2.55. The molecular weight excluding hydrogens is 214 g/mol. The smallest absolute Gasteiger partial charge is 0.151 e. The lowest BCUT2D eigenvalue weighted by molar-refractivity contribution is 0.720. The summed E-state index contributed by atoms with van der Waals surface area (Å²) in [5.41, 5.74) is 2.16. The number of aryl methyl sites for hydroxylation is 1. The van der Waals surface area contributed by atoms with Gasteiger partial charge in [0, 0.05) is 33.5 Å². The molecule has 0 bridgehead atoms. The van der Waals surface area contributed by atoms with E-state index >= 15 is 0 Å². The zero-order valence-electron chi connectivity index (χ0n) is 10.4. The molecule has 1 N–H and O–H groups in total. The molecule has 0 saturated heterocycles. The topological polar surface area (TPSA) is 46.0 Å². The Balaban J connectivity index is 2.11. The fourth-order valence-corrected chi connectivity index (χ4v) is 1.65. The van der Waals surface area contributed by atoms with Crippen molar-refractivity contribution in [1.82, 2.24) is 14.8 Å². The van der Waals surface area contributed by atoms with Gasteiger partial charge in [-0.1, -0.05) is 0 Å². The summed E-state index contributed by atoms with van der Waals surface area (Å²) in [5, 5.41) is 7.51. The van der Waals surface area contributed by atoms with E-state index in [9.17, 15) is 0 Å². The van der Waals surface area contributed by atoms with E-state index < -0.39 is 0 Å². The van der Waals surface area contributed by atoms with E-state index in [4.69, 9.17) is 0 Å². The van der Waals surface area contributed by atoms with Gasteiger partial charge >= 0.3 is 0 Å². The van der Waals surface area contributed by atoms with Crippen molar-refractivity contribution in [2.24, 2.45) is 7.05 Å². The molecule has 0 aliphatic rings. The van der Waals surface area contributed by atoms with E-state index in [1.165, 1.54) is 0 Å². The Kier molecular flexibility index (Phi) is 3.27. The standard InChI is InChI=1S/C12H17N5/c1-16(2)12-11(5-4-7-13-12)14-9-10-6-8-15-17(10)3/h4-8,14H,9H2,1-3H3. The Labute approximate surface area is 101 Å². The van der Waals surface area contributed by atoms with Crippen LogP contribution in [0.3, 0.4) is 0 Å². The van der Waals surface area contributed by atoms with E-state index in [1.807, 2.05) is 48.9 Å². The van der Waals surface area contributed by atoms with E-state index in [2.05, 4.69) is 15.4 Å². The maximum Gasteiger partial charge on any atom is 0.151 e. The Morgan fingerprint density at radius 1 is 1.29 bits per heavy atom. The van der Waals surface area contributed by atoms with Crippen molar-refractivity contribution in [2.75, 3.05) is 24.3 Å². The summed E-state index contributed by atoms with van der Waals surface area (Å²) >= 11 is 0. The van der Waals surface area contributed by atoms with Gasteiger partial charge < -0.3 is 10.2 Å². The van der Waals surface area contributed by atoms with Crippen LogP contribution in [-0.2, 0) is 13.6 Å². The number of hydrogen-bond acceptors (Lipinski definition) is 4. The van der Waals surface area contributed by atoms with Crippen LogP contribution in [0, 0.1) is 0 Å². The maximum atomic E-state index is 4.34. The molecule has 0 fully saturated rings. The van der Waals surface area contributed by atoms with Crippen LogP contribution in [0.15, 0.2) is 30.6 Å². The predicted octanol–water partition coefficient (Wildman–Crippen LogP) is 1.49. The molecule has 0 aliphatic heterocycles. The summed E-state index contributed by atoms with van der Waals surface area (Å²) in [7, 11) is 5.91. The molecule has 0 saturated carbocycles. The first kappa shape index (κ1) is 11.4. The van der Waals surface area contributed by atoms with Crippen LogP contribution in [0.2, 0.25) is 0 Å². The van der Waals surface area contributed by atoms with Crippen LogP contribution in [0.5, 0.6) is 0 Å². The average Bonchev–Trinajstić information content (AvgIpc) is 2.72. The largest absolute Gasteiger partial charge is 0.376 e. The van der Waals surface area contributed by atoms with Crippen molar-refractivity contribution in [2.45, 2.75) is 6.54 Å². The van der Waals surface area contributed by atoms with Crippen LogP contribution in [0.4, 0.5) is 11.5 Å². The second-order valence-corrected chi connectivity index (χ2v) is 4.07. The van der Waals surface area contributed by atoms with Crippen LogP contribution in [0.25, 0.3) is 0 Å². The van der Waals surface area contributed by atoms with Crippen LogP contribution in [-0.4, -0.2) is 28.9 Å². The summed E-state index contributed by atoms with van der Waals surface area (Å²) in [4.78, 5) is 6.33. The van der Waals surface area contributed by atoms with Gasteiger partial charge in [0.05, 0.1) is 17.9 Å². The van der Waals surface area contributed by atoms with Gasteiger partial charge in [-0.2, -0.15) is 5.10 Å². The predicted molar refractivity (Wildman–Crippen MR) is 69.1 cm³/mol. The number of rotatable bonds is 4. The first-order valence-corrected chi connectivity index (χ1v) is 5.51. The molecule has 0 atom stereocenters. The Hall–Kier alpha value is -2.04. The molecule has 0 aliphatic carbocycles. The van der Waals surface area contributed by atoms with Crippen molar-refractivity contribution in [3.63, 3.8) is 0 Å². The number of hydrogen-bond donors (Lipinski definition) is 1. The van der Waals surface area contributed by atoms with Crippen molar-refractivity contribution >= 4 is 11.5 Å². The zero-order valence-corrected chi connectivity index (χ0v) is 10.4. The average molecular weight is 231 g/mol. The number of aromatic nitrogens is 3. The van der Waals surface area contributed by atoms with Gasteiger partial charge in [-0.05, 0) is 18.2 Å². The van der Waals surface area contributed by atoms with Crippen LogP contribution >= 0.6 is 0 Å². The highest BCUT2D eigenvalue weighted by molar-refractivity contribution is 5.64. The Morgan fingerprint density at radius 2 is 2.12 bits per heavy atom. The third-order valence-electron chi connectivity index (χ3n) is 2.59. The minimum atomic E-state index is 0.739. The molecular formula is C12H17N5. The highest BCUT2D eigenvalue weighted by Gasteiger charge is 2.05. The zero-order chi connectivity index (χ0) is 12.3. The number of anilines is 2. The van der Waals surface area contributed by atoms with Gasteiger partial charge in [0.25, 0.3) is 0 Å². The molecule has 0 spiro atoms. The van der Waals surface area contributed by atoms with Crippen molar-refractivity contribution in [1.29, 1.82) is 0 Å². The Bertz CT molecular complexity index is 489. The maximum absolute atomic E-state index is 4.34. The van der Waals surface area contributed by atoms with Gasteiger partial charge in [-0.3, -0.25) is 4.68 Å². The summed E-state index contributed by atoms with van der Waals surface area (Å²) in [6, 6.07) is 5.95. The summed E-state index contributed by atoms with van der Waals surface area (Å²) in [6.07, 6.45) is 3.59. The number of nitrogens with zero attached hydrogens (tertiary/aromatic N) is 4. The Morgan fingerprint density at radius 3 is 2.76 bits per heavy atom. The molecule has 0 aromatic carbocycles. The molecule has 0 unspecified atom stereocenters. The molecule has 5 heteroatoms. The van der Waals surface area contributed by atoms with Gasteiger partial charge in [0.1, 0.15) is 0 Å². The lowest BCUT2D eigenvalue weighted by Gasteiger charge is -2.16. The summed E-state index contributed by atoms with van der Waals surface area (Å²) in [6.45, 7) is 0.739. The lowest BCUT2D eigenvalue weighted by atomic mass is 10.3. The molecule has 2 heterocycles. The molecule has 2 rings (SSSR count). The minimum Gasteiger partial charge on any atom is -0.376 e. The SMILES string of the molecule is CN(C)c1ncccc1NCc1ccnn1C. The van der Waals surface area contributed by atoms with Gasteiger partial charge in [-0.15, -0.1) is 0 Å². The first-order chi connectivity index (χ1) is 8.18. The molecule has 0 radical (unpaired) electrons. The second kappa shape index (κ2) is 4.86. The van der Waals surface area contributed by atoms with E-state index in [0.29, 0.717) is 0 Å². The van der Waals surface area contributed by atoms with E-state index in [1.54, 1.807) is 12.4 Å². The van der Waals surface area contributed by atoms with E-state index in [-0.39, 0.29) is 0 Å². The summed E-state index contributed by atoms with van der Waals surface area (Å²) in [5.74, 6) is 0.940. The second-order valence-electron chi connectivity index (χ2n) is 4.07. The highest BCUT2D eigenvalue weighted by Crippen LogP contribution is 2.20. The van der Waals surface area contributed by atoms with Gasteiger partial charge in [0.2, 0.25) is 0 Å². The highest BCUT2D eigenvalue weighted by atomic mass is 15.3. The van der Waals surface area contributed by atoms with Crippen molar-refractivity contribution in [3.8, 4) is 0 Å². The lowest BCUT2D eigenvalue weighted by Crippen LogP contribution is -2.14. The van der Waals surface area contributed by atoms with E-state index in [0.717, 1.165) is 23.7 Å². The number of pyridine rings is 1. The molecule has 90 valence electrons. The summed E-state index contributed by atoms with van der Waals surface area (Å²) < 4.78 is 1.86. The van der Waals surface area contributed by atoms with Gasteiger partial charge in [0.15, 0.2) is 5.82 Å². The number of nitrogens with one attached hydrogen (secondary N) is 1. The van der Waals surface area contributed by atoms with Crippen LogP contribution in [0.1, 0.15) is 5.69 Å². The fraction of sp³-hybridized carbons (Fsp3) is 0.333. The van der Waals surface area contributed by atoms with Crippen LogP contribution < -0.4 is 10.2 Å². The third-order valence-corrected chi connectivity index (χ3v) is 2.59. The normalized spacial score (nSPS) is 10.3. The molecule has 2 aromatic rings. The molecule has 0 amide bonds. The molecule has 2 aromatic heterocycles. The monoisotopic (exact) mass is 231 g/mol. The fourth-order valence-electron chi connectivity index (χ4n) is 1.65. The van der Waals surface area contributed by atoms with Gasteiger partial charge in [-0.25, -0.2) is 4.98 Å². The molecule has 17 heavy (non-hydrogen) atoms. The minimum absolute atomic E-state index is 0.739.